The maximum Gasteiger partial charge on any atom is 0.244 e. The number of hydrogen-bond donors (Lipinski definition) is 1. The van der Waals surface area contributed by atoms with Crippen LogP contribution >= 0.6 is 0 Å². The monoisotopic (exact) mass is 391 g/mol. The fourth-order valence-corrected chi connectivity index (χ4v) is 4.62. The lowest BCUT2D eigenvalue weighted by molar-refractivity contribution is 0.482. The van der Waals surface area contributed by atoms with Crippen molar-refractivity contribution in [2.24, 2.45) is 0 Å². The molecular formula is C20H17N5O2S. The minimum atomic E-state index is -3.76. The van der Waals surface area contributed by atoms with Crippen molar-refractivity contribution in [3.05, 3.63) is 47.9 Å². The summed E-state index contributed by atoms with van der Waals surface area (Å²) in [7, 11) is -3.76. The quantitative estimate of drug-likeness (QED) is 0.670. The predicted molar refractivity (Wildman–Crippen MR) is 105 cm³/mol. The molecule has 0 fully saturated rings. The summed E-state index contributed by atoms with van der Waals surface area (Å²) in [5.74, 6) is 4.66. The topological polar surface area (TPSA) is 83.9 Å². The maximum absolute atomic E-state index is 12.8. The molecule has 4 rings (SSSR count). The smallest absolute Gasteiger partial charge is 0.244 e. The maximum atomic E-state index is 12.8. The van der Waals surface area contributed by atoms with Gasteiger partial charge in [0.05, 0.1) is 41.8 Å². The van der Waals surface area contributed by atoms with Crippen LogP contribution in [0.5, 0.6) is 0 Å². The van der Waals surface area contributed by atoms with Crippen molar-refractivity contribution in [1.29, 1.82) is 0 Å². The summed E-state index contributed by atoms with van der Waals surface area (Å²) in [6.07, 6.45) is 16.0. The van der Waals surface area contributed by atoms with Gasteiger partial charge in [0.1, 0.15) is 0 Å². The van der Waals surface area contributed by atoms with E-state index in [4.69, 9.17) is 12.8 Å². The molecule has 1 aromatic carbocycles. The van der Waals surface area contributed by atoms with E-state index in [0.29, 0.717) is 0 Å². The third kappa shape index (κ3) is 2.89. The third-order valence-corrected chi connectivity index (χ3v) is 6.52. The van der Waals surface area contributed by atoms with Gasteiger partial charge in [0.15, 0.2) is 0 Å². The molecule has 0 saturated carbocycles. The van der Waals surface area contributed by atoms with Crippen molar-refractivity contribution in [1.82, 2.24) is 24.3 Å². The number of nitrogens with one attached hydrogen (secondary N) is 1. The standard InChI is InChI=1S/C20H17N5O2S/c1-3-11-24(12-4-2)28(26,27)17-8-6-16(7-9-17)25-20-15(13-22-25)5-10-19-18(20)14-21-23-19/h1-2,6-9,13-14H,5,10-12H2,(H,21,23). The zero-order valence-corrected chi connectivity index (χ0v) is 15.8. The lowest BCUT2D eigenvalue weighted by atomic mass is 9.96. The Morgan fingerprint density at radius 2 is 1.82 bits per heavy atom. The van der Waals surface area contributed by atoms with Gasteiger partial charge in [0, 0.05) is 11.3 Å². The Balaban J connectivity index is 1.71. The molecule has 28 heavy (non-hydrogen) atoms. The molecule has 1 aliphatic carbocycles. The van der Waals surface area contributed by atoms with Crippen LogP contribution in [0.15, 0.2) is 41.6 Å². The number of terminal acetylenes is 2. The molecule has 0 radical (unpaired) electrons. The second-order valence-electron chi connectivity index (χ2n) is 6.37. The van der Waals surface area contributed by atoms with E-state index in [1.807, 2.05) is 6.20 Å². The predicted octanol–water partition coefficient (Wildman–Crippen LogP) is 1.62. The fraction of sp³-hybridized carbons (Fsp3) is 0.200. The van der Waals surface area contributed by atoms with E-state index in [-0.39, 0.29) is 18.0 Å². The minimum Gasteiger partial charge on any atom is -0.282 e. The van der Waals surface area contributed by atoms with Gasteiger partial charge < -0.3 is 0 Å². The number of H-pyrrole nitrogens is 1. The van der Waals surface area contributed by atoms with E-state index >= 15 is 0 Å². The number of rotatable bonds is 5. The number of hydrogen-bond acceptors (Lipinski definition) is 4. The SMILES string of the molecule is C#CCN(CC#C)S(=O)(=O)c1ccc(-n2ncc3c2-c2cn[nH]c2CC3)cc1. The number of benzene rings is 1. The van der Waals surface area contributed by atoms with Crippen LogP contribution in [0.4, 0.5) is 0 Å². The van der Waals surface area contributed by atoms with Crippen LogP contribution in [-0.4, -0.2) is 45.8 Å². The van der Waals surface area contributed by atoms with Gasteiger partial charge >= 0.3 is 0 Å². The molecule has 7 nitrogen and oxygen atoms in total. The number of fused-ring (bicyclic) bond motifs is 3. The molecule has 1 N–H and O–H groups in total. The van der Waals surface area contributed by atoms with Crippen molar-refractivity contribution in [3.8, 4) is 41.6 Å². The van der Waals surface area contributed by atoms with Gasteiger partial charge in [-0.2, -0.15) is 14.5 Å². The number of aromatic amines is 1. The molecule has 2 heterocycles. The van der Waals surface area contributed by atoms with Crippen LogP contribution < -0.4 is 0 Å². The zero-order chi connectivity index (χ0) is 19.7. The van der Waals surface area contributed by atoms with E-state index < -0.39 is 10.0 Å². The first kappa shape index (κ1) is 18.1. The highest BCUT2D eigenvalue weighted by molar-refractivity contribution is 7.89. The molecule has 0 atom stereocenters. The molecule has 0 bridgehead atoms. The molecule has 2 aromatic heterocycles. The fourth-order valence-electron chi connectivity index (χ4n) is 3.35. The number of nitrogens with zero attached hydrogens (tertiary/aromatic N) is 4. The Kier molecular flexibility index (Phi) is 4.52. The summed E-state index contributed by atoms with van der Waals surface area (Å²) in [4.78, 5) is 0.131. The van der Waals surface area contributed by atoms with Crippen LogP contribution in [0.1, 0.15) is 11.3 Å². The normalized spacial score (nSPS) is 12.8. The summed E-state index contributed by atoms with van der Waals surface area (Å²) < 4.78 is 28.4. The third-order valence-electron chi connectivity index (χ3n) is 4.72. The van der Waals surface area contributed by atoms with Gasteiger partial charge in [0.2, 0.25) is 10.0 Å². The van der Waals surface area contributed by atoms with Crippen molar-refractivity contribution < 1.29 is 8.42 Å². The summed E-state index contributed by atoms with van der Waals surface area (Å²) in [5.41, 5.74) is 4.97. The molecule has 140 valence electrons. The van der Waals surface area contributed by atoms with Gasteiger partial charge in [0.25, 0.3) is 0 Å². The zero-order valence-electron chi connectivity index (χ0n) is 15.0. The summed E-state index contributed by atoms with van der Waals surface area (Å²) in [5, 5.41) is 11.7. The van der Waals surface area contributed by atoms with Crippen molar-refractivity contribution >= 4 is 10.0 Å². The lowest BCUT2D eigenvalue weighted by Gasteiger charge is -2.18. The van der Waals surface area contributed by atoms with Gasteiger partial charge in [-0.15, -0.1) is 12.8 Å². The van der Waals surface area contributed by atoms with Gasteiger partial charge in [-0.05, 0) is 42.7 Å². The van der Waals surface area contributed by atoms with E-state index in [9.17, 15) is 8.42 Å². The molecule has 0 amide bonds. The number of sulfonamides is 1. The second-order valence-corrected chi connectivity index (χ2v) is 8.31. The molecule has 0 spiro atoms. The second kappa shape index (κ2) is 7.01. The highest BCUT2D eigenvalue weighted by Crippen LogP contribution is 2.33. The van der Waals surface area contributed by atoms with Gasteiger partial charge in [-0.25, -0.2) is 13.1 Å². The molecule has 0 aliphatic heterocycles. The Labute approximate surface area is 163 Å². The first-order valence-electron chi connectivity index (χ1n) is 8.63. The Hall–Kier alpha value is -3.33. The van der Waals surface area contributed by atoms with Crippen molar-refractivity contribution in [2.75, 3.05) is 13.1 Å². The number of aryl methyl sites for hydroxylation is 2. The molecular weight excluding hydrogens is 374 g/mol. The highest BCUT2D eigenvalue weighted by atomic mass is 32.2. The molecule has 0 unspecified atom stereocenters. The Morgan fingerprint density at radius 1 is 1.11 bits per heavy atom. The average molecular weight is 391 g/mol. The molecule has 3 aromatic rings. The molecule has 1 aliphatic rings. The van der Waals surface area contributed by atoms with Crippen molar-refractivity contribution in [3.63, 3.8) is 0 Å². The minimum absolute atomic E-state index is 0.0792. The first-order chi connectivity index (χ1) is 13.6. The van der Waals surface area contributed by atoms with Crippen LogP contribution in [-0.2, 0) is 22.9 Å². The van der Waals surface area contributed by atoms with E-state index in [1.165, 1.54) is 12.1 Å². The molecule has 8 heteroatoms. The summed E-state index contributed by atoms with van der Waals surface area (Å²) in [6.45, 7) is -0.158. The Bertz CT molecular complexity index is 1190. The Morgan fingerprint density at radius 3 is 2.50 bits per heavy atom. The highest BCUT2D eigenvalue weighted by Gasteiger charge is 2.25. The summed E-state index contributed by atoms with van der Waals surface area (Å²) >= 11 is 0. The molecule has 0 saturated heterocycles. The summed E-state index contributed by atoms with van der Waals surface area (Å²) in [6, 6.07) is 6.52. The van der Waals surface area contributed by atoms with Gasteiger partial charge in [-0.3, -0.25) is 5.10 Å². The van der Waals surface area contributed by atoms with E-state index in [0.717, 1.165) is 45.3 Å². The van der Waals surface area contributed by atoms with E-state index in [2.05, 4.69) is 27.1 Å². The largest absolute Gasteiger partial charge is 0.282 e. The lowest BCUT2D eigenvalue weighted by Crippen LogP contribution is -2.31. The average Bonchev–Trinajstić information content (AvgIpc) is 3.34. The number of aromatic nitrogens is 4. The van der Waals surface area contributed by atoms with E-state index in [1.54, 1.807) is 23.0 Å². The van der Waals surface area contributed by atoms with Crippen LogP contribution in [0, 0.1) is 24.7 Å². The van der Waals surface area contributed by atoms with Crippen molar-refractivity contribution in [2.45, 2.75) is 17.7 Å². The van der Waals surface area contributed by atoms with Crippen LogP contribution in [0.2, 0.25) is 0 Å². The first-order valence-corrected chi connectivity index (χ1v) is 10.1. The van der Waals surface area contributed by atoms with Crippen LogP contribution in [0.25, 0.3) is 16.9 Å². The van der Waals surface area contributed by atoms with Crippen LogP contribution in [0.3, 0.4) is 0 Å². The van der Waals surface area contributed by atoms with Gasteiger partial charge in [-0.1, -0.05) is 11.8 Å².